The van der Waals surface area contributed by atoms with Crippen LogP contribution in [0, 0.1) is 10.1 Å². The molecule has 0 N–H and O–H groups in total. The molecule has 4 aromatic rings. The van der Waals surface area contributed by atoms with Crippen LogP contribution in [0.25, 0.3) is 22.4 Å². The van der Waals surface area contributed by atoms with Crippen LogP contribution >= 0.6 is 11.8 Å². The van der Waals surface area contributed by atoms with Crippen molar-refractivity contribution in [3.05, 3.63) is 74.9 Å². The molecule has 0 saturated heterocycles. The molecule has 0 radical (unpaired) electrons. The summed E-state index contributed by atoms with van der Waals surface area (Å²) in [6, 6.07) is 13.0. The number of thioether (sulfide) groups is 1. The molecule has 0 aliphatic heterocycles. The van der Waals surface area contributed by atoms with Gasteiger partial charge in [-0.2, -0.15) is 0 Å². The molecule has 0 spiro atoms. The minimum Gasteiger partial charge on any atom is -0.420 e. The third kappa shape index (κ3) is 3.37. The highest BCUT2D eigenvalue weighted by Gasteiger charge is 2.13. The maximum absolute atomic E-state index is 12.4. The molecule has 4 rings (SSSR count). The molecule has 0 fully saturated rings. The minimum absolute atomic E-state index is 0.0117. The predicted octanol–water partition coefficient (Wildman–Crippen LogP) is 3.18. The minimum atomic E-state index is -0.472. The van der Waals surface area contributed by atoms with Gasteiger partial charge in [-0.15, -0.1) is 10.2 Å². The van der Waals surface area contributed by atoms with E-state index in [-0.39, 0.29) is 17.1 Å². The Bertz CT molecular complexity index is 1230. The standard InChI is InChI=1S/C18H13N5O4S/c1-22-17(24)13-4-2-3-5-14(13)19-18(22)28-10-15-20-21-16(27-15)11-6-8-12(9-7-11)23(25)26/h2-9H,10H2,1H3. The quantitative estimate of drug-likeness (QED) is 0.219. The molecule has 0 unspecified atom stereocenters. The van der Waals surface area contributed by atoms with Gasteiger partial charge >= 0.3 is 0 Å². The Morgan fingerprint density at radius 2 is 1.89 bits per heavy atom. The number of para-hydroxylation sites is 1. The lowest BCUT2D eigenvalue weighted by molar-refractivity contribution is -0.384. The molecule has 140 valence electrons. The second kappa shape index (κ2) is 7.24. The van der Waals surface area contributed by atoms with Gasteiger partial charge in [-0.25, -0.2) is 4.98 Å². The molecule has 9 nitrogen and oxygen atoms in total. The number of aromatic nitrogens is 4. The van der Waals surface area contributed by atoms with Crippen molar-refractivity contribution >= 4 is 28.4 Å². The number of fused-ring (bicyclic) bond motifs is 1. The summed E-state index contributed by atoms with van der Waals surface area (Å²) in [5, 5.41) is 19.8. The van der Waals surface area contributed by atoms with E-state index < -0.39 is 4.92 Å². The van der Waals surface area contributed by atoms with Crippen LogP contribution in [0.4, 0.5) is 5.69 Å². The van der Waals surface area contributed by atoms with Crippen LogP contribution in [-0.2, 0) is 12.8 Å². The number of benzene rings is 2. The topological polar surface area (TPSA) is 117 Å². The molecule has 0 saturated carbocycles. The fraction of sp³-hybridized carbons (Fsp3) is 0.111. The van der Waals surface area contributed by atoms with E-state index in [1.165, 1.54) is 28.5 Å². The van der Waals surface area contributed by atoms with Gasteiger partial charge in [0.2, 0.25) is 11.8 Å². The van der Waals surface area contributed by atoms with Gasteiger partial charge in [0.15, 0.2) is 5.16 Å². The molecule has 2 heterocycles. The number of rotatable bonds is 5. The summed E-state index contributed by atoms with van der Waals surface area (Å²) >= 11 is 1.31. The highest BCUT2D eigenvalue weighted by Crippen LogP contribution is 2.25. The van der Waals surface area contributed by atoms with Gasteiger partial charge in [0.25, 0.3) is 11.2 Å². The third-order valence-electron chi connectivity index (χ3n) is 4.06. The Labute approximate surface area is 162 Å². The zero-order chi connectivity index (χ0) is 19.7. The summed E-state index contributed by atoms with van der Waals surface area (Å²) < 4.78 is 7.11. The molecule has 0 bridgehead atoms. The monoisotopic (exact) mass is 395 g/mol. The van der Waals surface area contributed by atoms with E-state index in [1.807, 2.05) is 6.07 Å². The number of nitro benzene ring substituents is 1. The highest BCUT2D eigenvalue weighted by molar-refractivity contribution is 7.98. The summed E-state index contributed by atoms with van der Waals surface area (Å²) in [6.07, 6.45) is 0. The first kappa shape index (κ1) is 17.9. The van der Waals surface area contributed by atoms with Gasteiger partial charge in [0.1, 0.15) is 0 Å². The summed E-state index contributed by atoms with van der Waals surface area (Å²) in [6.45, 7) is 0. The van der Waals surface area contributed by atoms with E-state index in [0.717, 1.165) is 0 Å². The van der Waals surface area contributed by atoms with Gasteiger partial charge in [-0.3, -0.25) is 19.5 Å². The average Bonchev–Trinajstić information content (AvgIpc) is 3.19. The van der Waals surface area contributed by atoms with Gasteiger partial charge in [0.05, 0.1) is 21.6 Å². The lowest BCUT2D eigenvalue weighted by Crippen LogP contribution is -2.19. The van der Waals surface area contributed by atoms with Gasteiger partial charge in [0, 0.05) is 24.7 Å². The van der Waals surface area contributed by atoms with Gasteiger partial charge in [-0.05, 0) is 24.3 Å². The maximum Gasteiger partial charge on any atom is 0.269 e. The van der Waals surface area contributed by atoms with E-state index >= 15 is 0 Å². The van der Waals surface area contributed by atoms with Crippen molar-refractivity contribution in [3.8, 4) is 11.5 Å². The van der Waals surface area contributed by atoms with Crippen LogP contribution in [-0.4, -0.2) is 24.7 Å². The smallest absolute Gasteiger partial charge is 0.269 e. The second-order valence-electron chi connectivity index (χ2n) is 5.87. The lowest BCUT2D eigenvalue weighted by Gasteiger charge is -2.07. The lowest BCUT2D eigenvalue weighted by atomic mass is 10.2. The molecule has 28 heavy (non-hydrogen) atoms. The van der Waals surface area contributed by atoms with Crippen molar-refractivity contribution in [1.82, 2.24) is 19.7 Å². The first-order valence-corrected chi connectivity index (χ1v) is 9.17. The molecule has 0 aliphatic carbocycles. The van der Waals surface area contributed by atoms with E-state index in [1.54, 1.807) is 37.4 Å². The largest absolute Gasteiger partial charge is 0.420 e. The van der Waals surface area contributed by atoms with E-state index in [9.17, 15) is 14.9 Å². The van der Waals surface area contributed by atoms with Gasteiger partial charge < -0.3 is 4.42 Å². The number of nitrogens with zero attached hydrogens (tertiary/aromatic N) is 5. The van der Waals surface area contributed by atoms with Crippen LogP contribution in [0.15, 0.2) is 62.9 Å². The van der Waals surface area contributed by atoms with Crippen molar-refractivity contribution in [1.29, 1.82) is 0 Å². The van der Waals surface area contributed by atoms with E-state index in [0.29, 0.717) is 33.3 Å². The van der Waals surface area contributed by atoms with Crippen molar-refractivity contribution in [2.45, 2.75) is 10.9 Å². The Kier molecular flexibility index (Phi) is 4.62. The SMILES string of the molecule is Cn1c(SCc2nnc(-c3ccc([N+](=O)[O-])cc3)o2)nc2ccccc2c1=O. The number of non-ortho nitro benzene ring substituents is 1. The van der Waals surface area contributed by atoms with Crippen LogP contribution < -0.4 is 5.56 Å². The molecule has 2 aromatic heterocycles. The molecule has 0 amide bonds. The number of hydrogen-bond acceptors (Lipinski definition) is 8. The Morgan fingerprint density at radius 1 is 1.14 bits per heavy atom. The first-order valence-electron chi connectivity index (χ1n) is 8.19. The fourth-order valence-electron chi connectivity index (χ4n) is 2.61. The normalized spacial score (nSPS) is 11.0. The van der Waals surface area contributed by atoms with Crippen molar-refractivity contribution < 1.29 is 9.34 Å². The highest BCUT2D eigenvalue weighted by atomic mass is 32.2. The average molecular weight is 395 g/mol. The Balaban J connectivity index is 1.54. The summed E-state index contributed by atoms with van der Waals surface area (Å²) in [4.78, 5) is 27.2. The molecular formula is C18H13N5O4S. The molecule has 2 aromatic carbocycles. The molecule has 10 heteroatoms. The molecule has 0 atom stereocenters. The zero-order valence-corrected chi connectivity index (χ0v) is 15.4. The van der Waals surface area contributed by atoms with Crippen LogP contribution in [0.1, 0.15) is 5.89 Å². The Hall–Kier alpha value is -3.53. The maximum atomic E-state index is 12.4. The summed E-state index contributed by atoms with van der Waals surface area (Å²) in [5.41, 5.74) is 1.09. The first-order chi connectivity index (χ1) is 13.5. The second-order valence-corrected chi connectivity index (χ2v) is 6.81. The van der Waals surface area contributed by atoms with Crippen molar-refractivity contribution in [2.75, 3.05) is 0 Å². The van der Waals surface area contributed by atoms with Crippen molar-refractivity contribution in [2.24, 2.45) is 7.05 Å². The van der Waals surface area contributed by atoms with Crippen LogP contribution in [0.5, 0.6) is 0 Å². The zero-order valence-electron chi connectivity index (χ0n) is 14.6. The van der Waals surface area contributed by atoms with Crippen LogP contribution in [0.2, 0.25) is 0 Å². The number of nitro groups is 1. The van der Waals surface area contributed by atoms with Gasteiger partial charge in [-0.1, -0.05) is 23.9 Å². The molecule has 0 aliphatic rings. The summed E-state index contributed by atoms with van der Waals surface area (Å²) in [5.74, 6) is 0.963. The van der Waals surface area contributed by atoms with Crippen molar-refractivity contribution in [3.63, 3.8) is 0 Å². The predicted molar refractivity (Wildman–Crippen MR) is 103 cm³/mol. The number of hydrogen-bond donors (Lipinski definition) is 0. The van der Waals surface area contributed by atoms with E-state index in [2.05, 4.69) is 15.2 Å². The Morgan fingerprint density at radius 3 is 2.64 bits per heavy atom. The third-order valence-corrected chi connectivity index (χ3v) is 5.07. The summed E-state index contributed by atoms with van der Waals surface area (Å²) in [7, 11) is 1.67. The fourth-order valence-corrected chi connectivity index (χ4v) is 3.42. The van der Waals surface area contributed by atoms with E-state index in [4.69, 9.17) is 4.42 Å². The van der Waals surface area contributed by atoms with Crippen LogP contribution in [0.3, 0.4) is 0 Å². The molecular weight excluding hydrogens is 382 g/mol.